The van der Waals surface area contributed by atoms with Crippen LogP contribution in [-0.4, -0.2) is 11.7 Å². The maximum Gasteiger partial charge on any atom is 0.416 e. The summed E-state index contributed by atoms with van der Waals surface area (Å²) in [7, 11) is 0. The lowest BCUT2D eigenvalue weighted by Gasteiger charge is -2.36. The average Bonchev–Trinajstić information content (AvgIpc) is 3.02. The molecule has 0 amide bonds. The number of nitrogens with one attached hydrogen (secondary N) is 1. The Hall–Kier alpha value is -2.21. The number of phenols is 1. The van der Waals surface area contributed by atoms with Gasteiger partial charge in [-0.3, -0.25) is 0 Å². The van der Waals surface area contributed by atoms with Gasteiger partial charge in [-0.15, -0.1) is 0 Å². The van der Waals surface area contributed by atoms with E-state index < -0.39 is 11.7 Å². The molecular formula is C18H16F3NO2. The topological polar surface area (TPSA) is 41.5 Å². The molecule has 2 aromatic rings. The van der Waals surface area contributed by atoms with E-state index in [1.165, 1.54) is 12.1 Å². The molecule has 2 aromatic carbocycles. The zero-order valence-electron chi connectivity index (χ0n) is 12.7. The predicted octanol–water partition coefficient (Wildman–Crippen LogP) is 4.66. The van der Waals surface area contributed by atoms with E-state index >= 15 is 0 Å². The van der Waals surface area contributed by atoms with Crippen LogP contribution in [0.15, 0.2) is 42.5 Å². The number of alkyl halides is 3. The Labute approximate surface area is 137 Å². The SMILES string of the molecule is Oc1cccc([C@@H]2Nc3ccc(C(F)(F)F)cc3[C@H]3OCC[C@H]32)c1. The van der Waals surface area contributed by atoms with Crippen LogP contribution in [0.3, 0.4) is 0 Å². The molecule has 0 aromatic heterocycles. The smallest absolute Gasteiger partial charge is 0.416 e. The first kappa shape index (κ1) is 15.3. The zero-order chi connectivity index (χ0) is 16.9. The van der Waals surface area contributed by atoms with Crippen molar-refractivity contribution in [2.75, 3.05) is 11.9 Å². The Morgan fingerprint density at radius 3 is 2.71 bits per heavy atom. The molecule has 0 aliphatic carbocycles. The third-order valence-electron chi connectivity index (χ3n) is 4.79. The van der Waals surface area contributed by atoms with Gasteiger partial charge in [0.05, 0.1) is 17.7 Å². The van der Waals surface area contributed by atoms with Crippen molar-refractivity contribution in [2.24, 2.45) is 5.92 Å². The molecule has 126 valence electrons. The van der Waals surface area contributed by atoms with E-state index in [0.717, 1.165) is 18.1 Å². The highest BCUT2D eigenvalue weighted by Gasteiger charge is 2.42. The molecule has 2 N–H and O–H groups in total. The first-order valence-electron chi connectivity index (χ1n) is 7.82. The van der Waals surface area contributed by atoms with Gasteiger partial charge in [0.1, 0.15) is 5.75 Å². The molecule has 2 aliphatic heterocycles. The van der Waals surface area contributed by atoms with Crippen LogP contribution >= 0.6 is 0 Å². The molecule has 1 saturated heterocycles. The summed E-state index contributed by atoms with van der Waals surface area (Å²) < 4.78 is 44.8. The molecular weight excluding hydrogens is 319 g/mol. The lowest BCUT2D eigenvalue weighted by Crippen LogP contribution is -2.29. The summed E-state index contributed by atoms with van der Waals surface area (Å²) in [6.07, 6.45) is -3.98. The summed E-state index contributed by atoms with van der Waals surface area (Å²) in [4.78, 5) is 0. The Morgan fingerprint density at radius 1 is 1.12 bits per heavy atom. The average molecular weight is 335 g/mol. The van der Waals surface area contributed by atoms with Crippen molar-refractivity contribution in [1.82, 2.24) is 0 Å². The fourth-order valence-electron chi connectivity index (χ4n) is 3.70. The fraction of sp³-hybridized carbons (Fsp3) is 0.333. The van der Waals surface area contributed by atoms with Gasteiger partial charge >= 0.3 is 6.18 Å². The number of hydrogen-bond acceptors (Lipinski definition) is 3. The lowest BCUT2D eigenvalue weighted by atomic mass is 9.80. The molecule has 0 unspecified atom stereocenters. The molecule has 1 fully saturated rings. The van der Waals surface area contributed by atoms with E-state index in [-0.39, 0.29) is 23.8 Å². The lowest BCUT2D eigenvalue weighted by molar-refractivity contribution is -0.137. The second kappa shape index (κ2) is 5.41. The minimum Gasteiger partial charge on any atom is -0.508 e. The van der Waals surface area contributed by atoms with Crippen LogP contribution < -0.4 is 5.32 Å². The summed E-state index contributed by atoms with van der Waals surface area (Å²) in [6.45, 7) is 0.516. The molecule has 6 heteroatoms. The highest BCUT2D eigenvalue weighted by atomic mass is 19.4. The van der Waals surface area contributed by atoms with Gasteiger partial charge < -0.3 is 15.2 Å². The summed E-state index contributed by atoms with van der Waals surface area (Å²) in [5.41, 5.74) is 1.46. The highest BCUT2D eigenvalue weighted by molar-refractivity contribution is 5.59. The number of halogens is 3. The molecule has 0 saturated carbocycles. The van der Waals surface area contributed by atoms with Gasteiger partial charge in [-0.2, -0.15) is 13.2 Å². The number of anilines is 1. The van der Waals surface area contributed by atoms with Gasteiger partial charge in [0.25, 0.3) is 0 Å². The molecule has 0 bridgehead atoms. The number of ether oxygens (including phenoxy) is 1. The monoisotopic (exact) mass is 335 g/mol. The van der Waals surface area contributed by atoms with Crippen molar-refractivity contribution >= 4 is 5.69 Å². The van der Waals surface area contributed by atoms with E-state index in [0.29, 0.717) is 17.9 Å². The molecule has 4 rings (SSSR count). The Morgan fingerprint density at radius 2 is 1.96 bits per heavy atom. The van der Waals surface area contributed by atoms with Crippen molar-refractivity contribution in [3.63, 3.8) is 0 Å². The van der Waals surface area contributed by atoms with Crippen molar-refractivity contribution in [3.8, 4) is 5.75 Å². The number of benzene rings is 2. The van der Waals surface area contributed by atoms with Gasteiger partial charge in [0.2, 0.25) is 0 Å². The Kier molecular flexibility index (Phi) is 3.46. The number of hydrogen-bond donors (Lipinski definition) is 2. The quantitative estimate of drug-likeness (QED) is 0.797. The van der Waals surface area contributed by atoms with E-state index in [1.807, 2.05) is 6.07 Å². The van der Waals surface area contributed by atoms with E-state index in [9.17, 15) is 18.3 Å². The summed E-state index contributed by atoms with van der Waals surface area (Å²) in [5.74, 6) is 0.200. The van der Waals surface area contributed by atoms with E-state index in [2.05, 4.69) is 5.32 Å². The van der Waals surface area contributed by atoms with E-state index in [4.69, 9.17) is 4.74 Å². The van der Waals surface area contributed by atoms with Crippen LogP contribution in [0.25, 0.3) is 0 Å². The van der Waals surface area contributed by atoms with Crippen LogP contribution in [0.5, 0.6) is 5.75 Å². The molecule has 2 aliphatic rings. The first-order valence-corrected chi connectivity index (χ1v) is 7.82. The van der Waals surface area contributed by atoms with Crippen molar-refractivity contribution in [3.05, 3.63) is 59.2 Å². The number of rotatable bonds is 1. The van der Waals surface area contributed by atoms with Gasteiger partial charge in [0, 0.05) is 23.8 Å². The maximum absolute atomic E-state index is 13.0. The fourth-order valence-corrected chi connectivity index (χ4v) is 3.70. The Balaban J connectivity index is 1.77. The standard InChI is InChI=1S/C18H16F3NO2/c19-18(20,21)11-4-5-15-14(9-11)17-13(6-7-24-17)16(22-15)10-2-1-3-12(23)8-10/h1-5,8-9,13,16-17,22-23H,6-7H2/t13-,16-,17-/m0/s1. The summed E-state index contributed by atoms with van der Waals surface area (Å²) >= 11 is 0. The van der Waals surface area contributed by atoms with Crippen molar-refractivity contribution < 1.29 is 23.0 Å². The molecule has 24 heavy (non-hydrogen) atoms. The molecule has 2 heterocycles. The molecule has 0 radical (unpaired) electrons. The van der Waals surface area contributed by atoms with Gasteiger partial charge in [0.15, 0.2) is 0 Å². The zero-order valence-corrected chi connectivity index (χ0v) is 12.7. The van der Waals surface area contributed by atoms with Crippen LogP contribution in [0.1, 0.15) is 35.3 Å². The normalized spacial score (nSPS) is 25.7. The predicted molar refractivity (Wildman–Crippen MR) is 82.7 cm³/mol. The van der Waals surface area contributed by atoms with Gasteiger partial charge in [-0.05, 0) is 42.3 Å². The van der Waals surface area contributed by atoms with Crippen LogP contribution in [0.4, 0.5) is 18.9 Å². The largest absolute Gasteiger partial charge is 0.508 e. The maximum atomic E-state index is 13.0. The van der Waals surface area contributed by atoms with Crippen molar-refractivity contribution in [2.45, 2.75) is 24.7 Å². The minimum atomic E-state index is -4.37. The third-order valence-corrected chi connectivity index (χ3v) is 4.79. The van der Waals surface area contributed by atoms with E-state index in [1.54, 1.807) is 18.2 Å². The van der Waals surface area contributed by atoms with Crippen LogP contribution in [0.2, 0.25) is 0 Å². The summed E-state index contributed by atoms with van der Waals surface area (Å²) in [5, 5.41) is 13.1. The minimum absolute atomic E-state index is 0.0304. The Bertz CT molecular complexity index is 775. The highest BCUT2D eigenvalue weighted by Crippen LogP contribution is 2.51. The number of aromatic hydroxyl groups is 1. The third kappa shape index (κ3) is 2.51. The van der Waals surface area contributed by atoms with Crippen molar-refractivity contribution in [1.29, 1.82) is 0 Å². The molecule has 3 atom stereocenters. The number of fused-ring (bicyclic) bond motifs is 3. The molecule has 3 nitrogen and oxygen atoms in total. The second-order valence-electron chi connectivity index (χ2n) is 6.26. The summed E-state index contributed by atoms with van der Waals surface area (Å²) in [6, 6.07) is 10.6. The first-order chi connectivity index (χ1) is 11.4. The van der Waals surface area contributed by atoms with Gasteiger partial charge in [-0.25, -0.2) is 0 Å². The van der Waals surface area contributed by atoms with Crippen LogP contribution in [0, 0.1) is 5.92 Å². The van der Waals surface area contributed by atoms with Gasteiger partial charge in [-0.1, -0.05) is 12.1 Å². The number of phenolic OH excluding ortho intramolecular Hbond substituents is 1. The molecule has 0 spiro atoms. The second-order valence-corrected chi connectivity index (χ2v) is 6.26. The van der Waals surface area contributed by atoms with Crippen LogP contribution in [-0.2, 0) is 10.9 Å².